The van der Waals surface area contributed by atoms with E-state index in [0.717, 1.165) is 51.7 Å². The Kier molecular flexibility index (Phi) is 7.99. The molecule has 0 radical (unpaired) electrons. The summed E-state index contributed by atoms with van der Waals surface area (Å²) in [5.41, 5.74) is 1.24. The van der Waals surface area contributed by atoms with E-state index in [2.05, 4.69) is 35.8 Å². The second-order valence-corrected chi connectivity index (χ2v) is 6.85. The number of ether oxygens (including phenoxy) is 2. The van der Waals surface area contributed by atoms with Crippen LogP contribution in [0.5, 0.6) is 5.75 Å². The lowest BCUT2D eigenvalue weighted by Gasteiger charge is -2.31. The Hall–Kier alpha value is -1.14. The number of nitrogens with zero attached hydrogens (tertiary/aromatic N) is 2. The summed E-state index contributed by atoms with van der Waals surface area (Å²) in [5, 5.41) is 10.3. The summed E-state index contributed by atoms with van der Waals surface area (Å²) < 4.78 is 10.6. The molecule has 1 N–H and O–H groups in total. The van der Waals surface area contributed by atoms with Crippen molar-refractivity contribution in [3.05, 3.63) is 29.8 Å². The van der Waals surface area contributed by atoms with Gasteiger partial charge >= 0.3 is 0 Å². The number of hydrogen-bond donors (Lipinski definition) is 1. The summed E-state index contributed by atoms with van der Waals surface area (Å²) in [6.07, 6.45) is -0.298. The molecule has 1 aliphatic heterocycles. The topological polar surface area (TPSA) is 45.2 Å². The van der Waals surface area contributed by atoms with E-state index in [1.165, 1.54) is 5.56 Å². The molecule has 0 amide bonds. The van der Waals surface area contributed by atoms with Gasteiger partial charge in [-0.2, -0.15) is 0 Å². The molecular weight excluding hydrogens is 304 g/mol. The average Bonchev–Trinajstić information content (AvgIpc) is 2.61. The first-order valence-corrected chi connectivity index (χ1v) is 8.92. The standard InChI is InChI=1S/C19H32N2O3/c1-16(2)19(22)15-21(9-8-20-10-12-24-13-11-20)14-17-4-6-18(23-3)7-5-17/h4-7,16,19,22H,8-15H2,1-3H3. The van der Waals surface area contributed by atoms with E-state index in [1.807, 2.05) is 12.1 Å². The molecule has 0 spiro atoms. The zero-order chi connectivity index (χ0) is 17.4. The Labute approximate surface area is 146 Å². The van der Waals surface area contributed by atoms with Gasteiger partial charge in [0.05, 0.1) is 26.4 Å². The summed E-state index contributed by atoms with van der Waals surface area (Å²) in [6.45, 7) is 11.3. The van der Waals surface area contributed by atoms with Gasteiger partial charge in [-0.15, -0.1) is 0 Å². The maximum Gasteiger partial charge on any atom is 0.118 e. The van der Waals surface area contributed by atoms with Gasteiger partial charge in [0, 0.05) is 39.3 Å². The highest BCUT2D eigenvalue weighted by atomic mass is 16.5. The van der Waals surface area contributed by atoms with Crippen LogP contribution in [0.15, 0.2) is 24.3 Å². The van der Waals surface area contributed by atoms with E-state index in [-0.39, 0.29) is 12.0 Å². The predicted octanol–water partition coefficient (Wildman–Crippen LogP) is 1.85. The van der Waals surface area contributed by atoms with Gasteiger partial charge in [0.15, 0.2) is 0 Å². The summed E-state index contributed by atoms with van der Waals surface area (Å²) in [5.74, 6) is 1.15. The van der Waals surface area contributed by atoms with Gasteiger partial charge in [0.25, 0.3) is 0 Å². The van der Waals surface area contributed by atoms with Crippen molar-refractivity contribution in [3.8, 4) is 5.75 Å². The molecule has 1 fully saturated rings. The smallest absolute Gasteiger partial charge is 0.118 e. The van der Waals surface area contributed by atoms with E-state index in [4.69, 9.17) is 9.47 Å². The Morgan fingerprint density at radius 1 is 1.21 bits per heavy atom. The second kappa shape index (κ2) is 9.99. The summed E-state index contributed by atoms with van der Waals surface area (Å²) in [4.78, 5) is 4.79. The van der Waals surface area contributed by atoms with Crippen LogP contribution < -0.4 is 4.74 Å². The van der Waals surface area contributed by atoms with Gasteiger partial charge in [0.2, 0.25) is 0 Å². The third-order valence-electron chi connectivity index (χ3n) is 4.62. The molecule has 5 heteroatoms. The van der Waals surface area contributed by atoms with E-state index in [9.17, 15) is 5.11 Å². The van der Waals surface area contributed by atoms with Crippen LogP contribution in [0, 0.1) is 5.92 Å². The van der Waals surface area contributed by atoms with Gasteiger partial charge < -0.3 is 14.6 Å². The van der Waals surface area contributed by atoms with Gasteiger partial charge in [-0.1, -0.05) is 26.0 Å². The van der Waals surface area contributed by atoms with Gasteiger partial charge in [-0.3, -0.25) is 9.80 Å². The molecule has 0 aliphatic carbocycles. The number of benzene rings is 1. The zero-order valence-corrected chi connectivity index (χ0v) is 15.3. The number of aliphatic hydroxyl groups is 1. The predicted molar refractivity (Wildman–Crippen MR) is 96.4 cm³/mol. The largest absolute Gasteiger partial charge is 0.497 e. The van der Waals surface area contributed by atoms with Crippen LogP contribution in [-0.2, 0) is 11.3 Å². The molecule has 1 aliphatic rings. The first kappa shape index (κ1) is 19.2. The molecule has 136 valence electrons. The molecular formula is C19H32N2O3. The van der Waals surface area contributed by atoms with Crippen LogP contribution in [0.1, 0.15) is 19.4 Å². The van der Waals surface area contributed by atoms with Crippen LogP contribution in [-0.4, -0.2) is 74.1 Å². The second-order valence-electron chi connectivity index (χ2n) is 6.85. The number of methoxy groups -OCH3 is 1. The number of rotatable bonds is 9. The fourth-order valence-corrected chi connectivity index (χ4v) is 2.81. The third-order valence-corrected chi connectivity index (χ3v) is 4.62. The number of morpholine rings is 1. The van der Waals surface area contributed by atoms with Crippen molar-refractivity contribution < 1.29 is 14.6 Å². The molecule has 1 unspecified atom stereocenters. The Morgan fingerprint density at radius 2 is 1.88 bits per heavy atom. The van der Waals surface area contributed by atoms with Crippen LogP contribution >= 0.6 is 0 Å². The van der Waals surface area contributed by atoms with Crippen LogP contribution in [0.2, 0.25) is 0 Å². The van der Waals surface area contributed by atoms with Crippen molar-refractivity contribution in [1.82, 2.24) is 9.80 Å². The first-order chi connectivity index (χ1) is 11.6. The fraction of sp³-hybridized carbons (Fsp3) is 0.684. The highest BCUT2D eigenvalue weighted by Crippen LogP contribution is 2.14. The molecule has 0 bridgehead atoms. The maximum absolute atomic E-state index is 10.3. The Bertz CT molecular complexity index is 458. The molecule has 1 saturated heterocycles. The van der Waals surface area contributed by atoms with Crippen molar-refractivity contribution in [2.24, 2.45) is 5.92 Å². The van der Waals surface area contributed by atoms with E-state index >= 15 is 0 Å². The highest BCUT2D eigenvalue weighted by Gasteiger charge is 2.17. The van der Waals surface area contributed by atoms with Crippen molar-refractivity contribution in [1.29, 1.82) is 0 Å². The molecule has 2 rings (SSSR count). The lowest BCUT2D eigenvalue weighted by Crippen LogP contribution is -2.43. The molecule has 1 aromatic rings. The lowest BCUT2D eigenvalue weighted by atomic mass is 10.1. The summed E-state index contributed by atoms with van der Waals surface area (Å²) in [6, 6.07) is 8.19. The minimum atomic E-state index is -0.298. The molecule has 5 nitrogen and oxygen atoms in total. The summed E-state index contributed by atoms with van der Waals surface area (Å²) in [7, 11) is 1.68. The van der Waals surface area contributed by atoms with E-state index < -0.39 is 0 Å². The molecule has 0 saturated carbocycles. The minimum Gasteiger partial charge on any atom is -0.497 e. The van der Waals surface area contributed by atoms with Crippen molar-refractivity contribution in [3.63, 3.8) is 0 Å². The van der Waals surface area contributed by atoms with Crippen LogP contribution in [0.3, 0.4) is 0 Å². The maximum atomic E-state index is 10.3. The Morgan fingerprint density at radius 3 is 2.46 bits per heavy atom. The van der Waals surface area contributed by atoms with E-state index in [1.54, 1.807) is 7.11 Å². The number of hydrogen-bond acceptors (Lipinski definition) is 5. The highest BCUT2D eigenvalue weighted by molar-refractivity contribution is 5.27. The normalized spacial score (nSPS) is 17.4. The van der Waals surface area contributed by atoms with Gasteiger partial charge in [-0.05, 0) is 23.6 Å². The monoisotopic (exact) mass is 336 g/mol. The lowest BCUT2D eigenvalue weighted by molar-refractivity contribution is 0.0260. The van der Waals surface area contributed by atoms with Crippen molar-refractivity contribution >= 4 is 0 Å². The molecule has 1 heterocycles. The quantitative estimate of drug-likeness (QED) is 0.746. The average molecular weight is 336 g/mol. The SMILES string of the molecule is COc1ccc(CN(CCN2CCOCC2)CC(O)C(C)C)cc1. The van der Waals surface area contributed by atoms with Crippen LogP contribution in [0.4, 0.5) is 0 Å². The first-order valence-electron chi connectivity index (χ1n) is 8.92. The Balaban J connectivity index is 1.92. The molecule has 1 aromatic carbocycles. The molecule has 1 atom stereocenters. The molecule has 0 aromatic heterocycles. The summed E-state index contributed by atoms with van der Waals surface area (Å²) >= 11 is 0. The van der Waals surface area contributed by atoms with Crippen molar-refractivity contribution in [2.45, 2.75) is 26.5 Å². The van der Waals surface area contributed by atoms with E-state index in [0.29, 0.717) is 6.54 Å². The molecule has 24 heavy (non-hydrogen) atoms. The zero-order valence-electron chi connectivity index (χ0n) is 15.3. The minimum absolute atomic E-state index is 0.270. The van der Waals surface area contributed by atoms with Crippen LogP contribution in [0.25, 0.3) is 0 Å². The van der Waals surface area contributed by atoms with Gasteiger partial charge in [0.1, 0.15) is 5.75 Å². The van der Waals surface area contributed by atoms with Crippen molar-refractivity contribution in [2.75, 3.05) is 53.0 Å². The fourth-order valence-electron chi connectivity index (χ4n) is 2.81. The number of aliphatic hydroxyl groups excluding tert-OH is 1. The van der Waals surface area contributed by atoms with Gasteiger partial charge in [-0.25, -0.2) is 0 Å². The third kappa shape index (κ3) is 6.40.